The minimum absolute atomic E-state index is 0.138. The lowest BCUT2D eigenvalue weighted by molar-refractivity contribution is -0.125. The minimum Gasteiger partial charge on any atom is -0.444 e. The van der Waals surface area contributed by atoms with Gasteiger partial charge in [-0.1, -0.05) is 30.3 Å². The normalized spacial score (nSPS) is 19.1. The fraction of sp³-hybridized carbons (Fsp3) is 0.515. The fourth-order valence-electron chi connectivity index (χ4n) is 5.66. The maximum atomic E-state index is 12.9. The van der Waals surface area contributed by atoms with Crippen LogP contribution in [0.4, 0.5) is 9.59 Å². The largest absolute Gasteiger partial charge is 0.444 e. The average Bonchev–Trinajstić information content (AvgIpc) is 3.68. The number of likely N-dealkylation sites (tertiary alicyclic amines) is 2. The Kier molecular flexibility index (Phi) is 8.40. The lowest BCUT2D eigenvalue weighted by Crippen LogP contribution is -2.47. The number of fused-ring (bicyclic) bond motifs is 1. The first-order valence-electron chi connectivity index (χ1n) is 15.1. The Bertz CT molecular complexity index is 1480. The van der Waals surface area contributed by atoms with Crippen molar-refractivity contribution in [2.45, 2.75) is 97.1 Å². The summed E-state index contributed by atoms with van der Waals surface area (Å²) < 4.78 is 11.1. The summed E-state index contributed by atoms with van der Waals surface area (Å²) in [5, 5.41) is 2.99. The van der Waals surface area contributed by atoms with Gasteiger partial charge in [0, 0.05) is 19.6 Å². The van der Waals surface area contributed by atoms with Crippen LogP contribution in [0.5, 0.6) is 0 Å². The van der Waals surface area contributed by atoms with Crippen LogP contribution in [0, 0.1) is 0 Å². The van der Waals surface area contributed by atoms with Crippen molar-refractivity contribution >= 4 is 29.1 Å². The molecule has 0 saturated carbocycles. The highest BCUT2D eigenvalue weighted by atomic mass is 16.6. The fourth-order valence-corrected chi connectivity index (χ4v) is 5.66. The standard InChI is InChI=1S/C33H43N5O5/c1-32(2,3)42-30(40)37-17-7-9-26(37)28-35-24-16-15-23(19-25(24)36-28)22-13-11-21(12-14-22)20-34-29(39)27-10-8-18-38(27)31(41)43-33(4,5)6/h11-16,19,26-27H,7-10,17-18,20H2,1-6H3,(H,34,39)(H,35,36). The van der Waals surface area contributed by atoms with Crippen LogP contribution in [0.3, 0.4) is 0 Å². The number of aromatic amines is 1. The third kappa shape index (κ3) is 7.29. The summed E-state index contributed by atoms with van der Waals surface area (Å²) in [6.07, 6.45) is 2.39. The van der Waals surface area contributed by atoms with E-state index in [0.29, 0.717) is 26.1 Å². The molecule has 3 heterocycles. The molecule has 3 amide bonds. The molecule has 0 aliphatic carbocycles. The van der Waals surface area contributed by atoms with Crippen LogP contribution in [0.1, 0.15) is 84.7 Å². The van der Waals surface area contributed by atoms with E-state index in [0.717, 1.165) is 52.8 Å². The summed E-state index contributed by atoms with van der Waals surface area (Å²) in [5.74, 6) is 0.606. The van der Waals surface area contributed by atoms with E-state index in [1.165, 1.54) is 4.90 Å². The second-order valence-corrected chi connectivity index (χ2v) is 13.4. The summed E-state index contributed by atoms with van der Waals surface area (Å²) in [7, 11) is 0. The number of H-pyrrole nitrogens is 1. The van der Waals surface area contributed by atoms with Gasteiger partial charge in [0.1, 0.15) is 23.1 Å². The average molecular weight is 590 g/mol. The molecule has 2 aliphatic heterocycles. The Hall–Kier alpha value is -4.08. The van der Waals surface area contributed by atoms with E-state index in [9.17, 15) is 14.4 Å². The maximum Gasteiger partial charge on any atom is 0.410 e. The second kappa shape index (κ2) is 11.9. The number of rotatable bonds is 5. The molecule has 2 aromatic carbocycles. The number of nitrogens with one attached hydrogen (secondary N) is 2. The molecule has 10 heteroatoms. The van der Waals surface area contributed by atoms with Crippen LogP contribution in [-0.2, 0) is 20.8 Å². The Balaban J connectivity index is 1.22. The monoisotopic (exact) mass is 589 g/mol. The van der Waals surface area contributed by atoms with Crippen molar-refractivity contribution in [3.05, 3.63) is 53.9 Å². The Morgan fingerprint density at radius 2 is 1.47 bits per heavy atom. The second-order valence-electron chi connectivity index (χ2n) is 13.4. The van der Waals surface area contributed by atoms with Gasteiger partial charge in [-0.25, -0.2) is 14.6 Å². The summed E-state index contributed by atoms with van der Waals surface area (Å²) in [4.78, 5) is 49.8. The summed E-state index contributed by atoms with van der Waals surface area (Å²) in [5.41, 5.74) is 3.64. The number of carbonyl (C=O) groups excluding carboxylic acids is 3. The summed E-state index contributed by atoms with van der Waals surface area (Å²) in [6, 6.07) is 13.5. The molecule has 230 valence electrons. The van der Waals surface area contributed by atoms with Crippen molar-refractivity contribution in [3.8, 4) is 11.1 Å². The minimum atomic E-state index is -0.606. The van der Waals surface area contributed by atoms with Gasteiger partial charge in [-0.15, -0.1) is 0 Å². The number of nitrogens with zero attached hydrogens (tertiary/aromatic N) is 3. The quantitative estimate of drug-likeness (QED) is 0.360. The van der Waals surface area contributed by atoms with Crippen LogP contribution in [0.15, 0.2) is 42.5 Å². The van der Waals surface area contributed by atoms with Crippen molar-refractivity contribution in [2.24, 2.45) is 0 Å². The molecule has 0 radical (unpaired) electrons. The number of imidazole rings is 1. The number of amides is 3. The summed E-state index contributed by atoms with van der Waals surface area (Å²) >= 11 is 0. The topological polar surface area (TPSA) is 117 Å². The zero-order chi connectivity index (χ0) is 30.9. The van der Waals surface area contributed by atoms with Gasteiger partial charge >= 0.3 is 12.2 Å². The van der Waals surface area contributed by atoms with E-state index in [1.54, 1.807) is 4.90 Å². The van der Waals surface area contributed by atoms with Crippen molar-refractivity contribution < 1.29 is 23.9 Å². The van der Waals surface area contributed by atoms with Gasteiger partial charge in [-0.3, -0.25) is 14.6 Å². The highest BCUT2D eigenvalue weighted by molar-refractivity contribution is 5.86. The summed E-state index contributed by atoms with van der Waals surface area (Å²) in [6.45, 7) is 12.6. The number of ether oxygens (including phenoxy) is 2. The molecule has 2 atom stereocenters. The zero-order valence-corrected chi connectivity index (χ0v) is 26.0. The van der Waals surface area contributed by atoms with Gasteiger partial charge in [0.05, 0.1) is 17.1 Å². The third-order valence-corrected chi connectivity index (χ3v) is 7.63. The van der Waals surface area contributed by atoms with Crippen LogP contribution >= 0.6 is 0 Å². The smallest absolute Gasteiger partial charge is 0.410 e. The predicted molar refractivity (Wildman–Crippen MR) is 164 cm³/mol. The predicted octanol–water partition coefficient (Wildman–Crippen LogP) is 6.32. The van der Waals surface area contributed by atoms with Crippen LogP contribution in [0.25, 0.3) is 22.2 Å². The highest BCUT2D eigenvalue weighted by Crippen LogP contribution is 2.33. The van der Waals surface area contributed by atoms with E-state index in [-0.39, 0.29) is 18.0 Å². The highest BCUT2D eigenvalue weighted by Gasteiger charge is 2.37. The Morgan fingerprint density at radius 1 is 0.860 bits per heavy atom. The zero-order valence-electron chi connectivity index (χ0n) is 26.0. The molecule has 0 bridgehead atoms. The Morgan fingerprint density at radius 3 is 2.14 bits per heavy atom. The number of hydrogen-bond donors (Lipinski definition) is 2. The van der Waals surface area contributed by atoms with E-state index < -0.39 is 23.3 Å². The van der Waals surface area contributed by atoms with Crippen LogP contribution < -0.4 is 5.32 Å². The number of benzene rings is 2. The first kappa shape index (κ1) is 30.4. The molecular weight excluding hydrogens is 546 g/mol. The lowest BCUT2D eigenvalue weighted by Gasteiger charge is -2.28. The maximum absolute atomic E-state index is 12.9. The first-order valence-corrected chi connectivity index (χ1v) is 15.1. The lowest BCUT2D eigenvalue weighted by atomic mass is 10.0. The molecule has 2 saturated heterocycles. The first-order chi connectivity index (χ1) is 20.3. The van der Waals surface area contributed by atoms with Crippen molar-refractivity contribution in [2.75, 3.05) is 13.1 Å². The molecule has 1 aromatic heterocycles. The molecule has 10 nitrogen and oxygen atoms in total. The molecule has 2 fully saturated rings. The molecule has 0 spiro atoms. The van der Waals surface area contributed by atoms with E-state index in [1.807, 2.05) is 77.9 Å². The van der Waals surface area contributed by atoms with Crippen molar-refractivity contribution in [3.63, 3.8) is 0 Å². The molecular formula is C33H43N5O5. The third-order valence-electron chi connectivity index (χ3n) is 7.63. The Labute approximate surface area is 253 Å². The van der Waals surface area contributed by atoms with E-state index in [2.05, 4.69) is 16.4 Å². The SMILES string of the molecule is CC(C)(C)OC(=O)N1CCCC1C(=O)NCc1ccc(-c2ccc3nc(C4CCCN4C(=O)OC(C)(C)C)[nH]c3c2)cc1. The van der Waals surface area contributed by atoms with Gasteiger partial charge in [-0.05, 0) is 96.0 Å². The van der Waals surface area contributed by atoms with E-state index in [4.69, 9.17) is 14.5 Å². The van der Waals surface area contributed by atoms with Crippen molar-refractivity contribution in [1.82, 2.24) is 25.1 Å². The van der Waals surface area contributed by atoms with Crippen LogP contribution in [-0.4, -0.2) is 68.2 Å². The van der Waals surface area contributed by atoms with Gasteiger partial charge in [0.2, 0.25) is 5.91 Å². The molecule has 5 rings (SSSR count). The van der Waals surface area contributed by atoms with Crippen LogP contribution in [0.2, 0.25) is 0 Å². The molecule has 2 aliphatic rings. The van der Waals surface area contributed by atoms with Gasteiger partial charge in [0.25, 0.3) is 0 Å². The van der Waals surface area contributed by atoms with Gasteiger partial charge in [-0.2, -0.15) is 0 Å². The van der Waals surface area contributed by atoms with Gasteiger partial charge in [0.15, 0.2) is 0 Å². The molecule has 2 N–H and O–H groups in total. The van der Waals surface area contributed by atoms with Crippen molar-refractivity contribution in [1.29, 1.82) is 0 Å². The molecule has 3 aromatic rings. The van der Waals surface area contributed by atoms with Gasteiger partial charge < -0.3 is 19.8 Å². The molecule has 2 unspecified atom stereocenters. The molecule has 43 heavy (non-hydrogen) atoms. The number of hydrogen-bond acceptors (Lipinski definition) is 6. The number of aromatic nitrogens is 2. The number of carbonyl (C=O) groups is 3. The van der Waals surface area contributed by atoms with E-state index >= 15 is 0 Å².